The van der Waals surface area contributed by atoms with Crippen LogP contribution in [0.25, 0.3) is 0 Å². The van der Waals surface area contributed by atoms with Crippen LogP contribution in [0.5, 0.6) is 0 Å². The van der Waals surface area contributed by atoms with Gasteiger partial charge in [0.25, 0.3) is 0 Å². The van der Waals surface area contributed by atoms with Crippen molar-refractivity contribution in [3.05, 3.63) is 35.6 Å². The first-order valence-electron chi connectivity index (χ1n) is 7.07. The Morgan fingerprint density at radius 2 is 2.00 bits per heavy atom. The summed E-state index contributed by atoms with van der Waals surface area (Å²) in [6.45, 7) is 3.64. The average Bonchev–Trinajstić information content (AvgIpc) is 2.37. The van der Waals surface area contributed by atoms with Crippen LogP contribution < -0.4 is 5.32 Å². The zero-order valence-corrected chi connectivity index (χ0v) is 13.0. The number of benzene rings is 1. The first-order valence-corrected chi connectivity index (χ1v) is 9.13. The maximum absolute atomic E-state index is 13.9. The minimum atomic E-state index is -2.95. The number of hydrogen-bond acceptors (Lipinski definition) is 3. The third kappa shape index (κ3) is 6.48. The molecule has 0 aromatic heterocycles. The van der Waals surface area contributed by atoms with Crippen molar-refractivity contribution >= 4 is 9.84 Å². The summed E-state index contributed by atoms with van der Waals surface area (Å²) in [4.78, 5) is 0. The van der Waals surface area contributed by atoms with Crippen LogP contribution in [0.1, 0.15) is 37.7 Å². The van der Waals surface area contributed by atoms with Gasteiger partial charge in [0.15, 0.2) is 0 Å². The Kier molecular flexibility index (Phi) is 7.16. The Bertz CT molecular complexity index is 502. The molecule has 1 atom stereocenters. The fourth-order valence-corrected chi connectivity index (χ4v) is 2.91. The molecule has 114 valence electrons. The van der Waals surface area contributed by atoms with Crippen LogP contribution in [0.2, 0.25) is 0 Å². The summed E-state index contributed by atoms with van der Waals surface area (Å²) in [6.07, 6.45) is 3.49. The van der Waals surface area contributed by atoms with E-state index in [1.54, 1.807) is 12.1 Å². The Hall–Kier alpha value is -0.940. The fourth-order valence-electron chi connectivity index (χ4n) is 2.22. The molecule has 1 rings (SSSR count). The summed E-state index contributed by atoms with van der Waals surface area (Å²) in [5.41, 5.74) is 0.671. The van der Waals surface area contributed by atoms with Gasteiger partial charge in [-0.2, -0.15) is 0 Å². The second kappa shape index (κ2) is 8.37. The van der Waals surface area contributed by atoms with Crippen LogP contribution in [-0.4, -0.2) is 33.5 Å². The molecule has 1 aromatic carbocycles. The number of sulfone groups is 1. The molecular weight excluding hydrogens is 277 g/mol. The van der Waals surface area contributed by atoms with E-state index >= 15 is 0 Å². The molecule has 0 heterocycles. The van der Waals surface area contributed by atoms with Gasteiger partial charge in [0, 0.05) is 18.6 Å². The van der Waals surface area contributed by atoms with E-state index in [1.807, 2.05) is 6.07 Å². The third-order valence-electron chi connectivity index (χ3n) is 3.23. The molecule has 0 saturated carbocycles. The van der Waals surface area contributed by atoms with Gasteiger partial charge in [-0.25, -0.2) is 12.8 Å². The highest BCUT2D eigenvalue weighted by Gasteiger charge is 2.16. The molecule has 1 aromatic rings. The van der Waals surface area contributed by atoms with Gasteiger partial charge < -0.3 is 5.32 Å². The molecule has 0 saturated heterocycles. The Morgan fingerprint density at radius 1 is 1.30 bits per heavy atom. The van der Waals surface area contributed by atoms with E-state index in [4.69, 9.17) is 0 Å². The minimum absolute atomic E-state index is 0.0181. The Morgan fingerprint density at radius 3 is 2.60 bits per heavy atom. The first kappa shape index (κ1) is 17.1. The minimum Gasteiger partial charge on any atom is -0.316 e. The molecular formula is C15H24FNO2S. The van der Waals surface area contributed by atoms with Crippen molar-refractivity contribution in [2.75, 3.05) is 25.1 Å². The SMILES string of the molecule is CCCNCC(CCCS(C)(=O)=O)c1ccccc1F. The smallest absolute Gasteiger partial charge is 0.147 e. The van der Waals surface area contributed by atoms with Crippen molar-refractivity contribution in [2.24, 2.45) is 0 Å². The van der Waals surface area contributed by atoms with Gasteiger partial charge in [0.1, 0.15) is 15.7 Å². The molecule has 0 aliphatic rings. The number of rotatable bonds is 9. The summed E-state index contributed by atoms with van der Waals surface area (Å²) in [6, 6.07) is 6.74. The van der Waals surface area contributed by atoms with Gasteiger partial charge in [0.2, 0.25) is 0 Å². The largest absolute Gasteiger partial charge is 0.316 e. The number of hydrogen-bond donors (Lipinski definition) is 1. The maximum Gasteiger partial charge on any atom is 0.147 e. The standard InChI is InChI=1S/C15H24FNO2S/c1-3-10-17-12-13(7-6-11-20(2,18)19)14-8-4-5-9-15(14)16/h4-5,8-9,13,17H,3,6-7,10-12H2,1-2H3. The van der Waals surface area contributed by atoms with E-state index in [1.165, 1.54) is 12.3 Å². The van der Waals surface area contributed by atoms with Crippen LogP contribution in [-0.2, 0) is 9.84 Å². The van der Waals surface area contributed by atoms with E-state index < -0.39 is 9.84 Å². The van der Waals surface area contributed by atoms with Crippen LogP contribution in [0, 0.1) is 5.82 Å². The van der Waals surface area contributed by atoms with Crippen LogP contribution in [0.15, 0.2) is 24.3 Å². The molecule has 1 unspecified atom stereocenters. The molecule has 0 aliphatic heterocycles. The lowest BCUT2D eigenvalue weighted by Crippen LogP contribution is -2.23. The highest BCUT2D eigenvalue weighted by molar-refractivity contribution is 7.90. The van der Waals surface area contributed by atoms with Gasteiger partial charge in [-0.3, -0.25) is 0 Å². The Labute approximate surface area is 121 Å². The summed E-state index contributed by atoms with van der Waals surface area (Å²) >= 11 is 0. The molecule has 0 bridgehead atoms. The summed E-state index contributed by atoms with van der Waals surface area (Å²) in [5, 5.41) is 3.29. The predicted octanol–water partition coefficient (Wildman–Crippen LogP) is 2.73. The van der Waals surface area contributed by atoms with E-state index in [9.17, 15) is 12.8 Å². The quantitative estimate of drug-likeness (QED) is 0.713. The van der Waals surface area contributed by atoms with Crippen LogP contribution in [0.3, 0.4) is 0 Å². The number of halogens is 1. The first-order chi connectivity index (χ1) is 9.44. The zero-order chi connectivity index (χ0) is 15.0. The van der Waals surface area contributed by atoms with E-state index in [0.717, 1.165) is 13.0 Å². The second-order valence-corrected chi connectivity index (χ2v) is 7.45. The molecule has 3 nitrogen and oxygen atoms in total. The fraction of sp³-hybridized carbons (Fsp3) is 0.600. The molecule has 0 radical (unpaired) electrons. The van der Waals surface area contributed by atoms with Gasteiger partial charge in [-0.05, 0) is 43.4 Å². The van der Waals surface area contributed by atoms with E-state index in [0.29, 0.717) is 24.9 Å². The lowest BCUT2D eigenvalue weighted by atomic mass is 9.94. The molecule has 5 heteroatoms. The van der Waals surface area contributed by atoms with Crippen molar-refractivity contribution in [1.82, 2.24) is 5.32 Å². The normalized spacial score (nSPS) is 13.3. The predicted molar refractivity (Wildman–Crippen MR) is 81.2 cm³/mol. The van der Waals surface area contributed by atoms with Crippen LogP contribution >= 0.6 is 0 Å². The number of nitrogens with one attached hydrogen (secondary N) is 1. The highest BCUT2D eigenvalue weighted by atomic mass is 32.2. The molecule has 0 amide bonds. The topological polar surface area (TPSA) is 46.2 Å². The van der Waals surface area contributed by atoms with Gasteiger partial charge in [0.05, 0.1) is 0 Å². The lowest BCUT2D eigenvalue weighted by molar-refractivity contribution is 0.510. The summed E-state index contributed by atoms with van der Waals surface area (Å²) in [5.74, 6) is -0.0363. The van der Waals surface area contributed by atoms with Gasteiger partial charge in [-0.15, -0.1) is 0 Å². The Balaban J connectivity index is 2.67. The van der Waals surface area contributed by atoms with Gasteiger partial charge >= 0.3 is 0 Å². The maximum atomic E-state index is 13.9. The van der Waals surface area contributed by atoms with Crippen molar-refractivity contribution in [1.29, 1.82) is 0 Å². The molecule has 1 N–H and O–H groups in total. The highest BCUT2D eigenvalue weighted by Crippen LogP contribution is 2.23. The van der Waals surface area contributed by atoms with Gasteiger partial charge in [-0.1, -0.05) is 25.1 Å². The molecule has 0 spiro atoms. The molecule has 20 heavy (non-hydrogen) atoms. The van der Waals surface area contributed by atoms with Crippen molar-refractivity contribution in [3.63, 3.8) is 0 Å². The second-order valence-electron chi connectivity index (χ2n) is 5.19. The third-order valence-corrected chi connectivity index (χ3v) is 4.26. The van der Waals surface area contributed by atoms with Crippen molar-refractivity contribution in [2.45, 2.75) is 32.1 Å². The monoisotopic (exact) mass is 301 g/mol. The summed E-state index contributed by atoms with van der Waals surface area (Å²) < 4.78 is 36.2. The zero-order valence-electron chi connectivity index (χ0n) is 12.2. The van der Waals surface area contributed by atoms with Crippen LogP contribution in [0.4, 0.5) is 4.39 Å². The molecule has 0 aliphatic carbocycles. The molecule has 0 fully saturated rings. The lowest BCUT2D eigenvalue weighted by Gasteiger charge is -2.18. The van der Waals surface area contributed by atoms with E-state index in [2.05, 4.69) is 12.2 Å². The summed E-state index contributed by atoms with van der Waals surface area (Å²) in [7, 11) is -2.95. The average molecular weight is 301 g/mol. The van der Waals surface area contributed by atoms with Crippen molar-refractivity contribution < 1.29 is 12.8 Å². The van der Waals surface area contributed by atoms with Crippen molar-refractivity contribution in [3.8, 4) is 0 Å². The van der Waals surface area contributed by atoms with E-state index in [-0.39, 0.29) is 17.5 Å².